The van der Waals surface area contributed by atoms with Crippen LogP contribution in [0.25, 0.3) is 0 Å². The number of carbonyl (C=O) groups is 2. The van der Waals surface area contributed by atoms with E-state index in [2.05, 4.69) is 20.9 Å². The third-order valence-corrected chi connectivity index (χ3v) is 5.33. The maximum atomic E-state index is 13.0. The molecule has 2 aromatic rings. The molecule has 0 atom stereocenters. The zero-order chi connectivity index (χ0) is 22.8. The molecule has 172 valence electrons. The zero-order valence-corrected chi connectivity index (χ0v) is 18.8. The molecule has 1 saturated heterocycles. The first kappa shape index (κ1) is 23.4. The van der Waals surface area contributed by atoms with Crippen molar-refractivity contribution in [2.24, 2.45) is 0 Å². The average molecular weight is 441 g/mol. The van der Waals surface area contributed by atoms with E-state index in [-0.39, 0.29) is 5.91 Å². The van der Waals surface area contributed by atoms with Gasteiger partial charge in [0.15, 0.2) is 0 Å². The van der Waals surface area contributed by atoms with E-state index in [0.29, 0.717) is 35.8 Å². The van der Waals surface area contributed by atoms with E-state index < -0.39 is 6.03 Å². The molecule has 0 bridgehead atoms. The number of benzene rings is 2. The van der Waals surface area contributed by atoms with E-state index in [4.69, 9.17) is 9.47 Å². The zero-order valence-electron chi connectivity index (χ0n) is 18.8. The van der Waals surface area contributed by atoms with Crippen LogP contribution in [0.2, 0.25) is 0 Å². The average Bonchev–Trinajstić information content (AvgIpc) is 2.82. The Labute approximate surface area is 189 Å². The topological polar surface area (TPSA) is 91.9 Å². The summed E-state index contributed by atoms with van der Waals surface area (Å²) in [6.07, 6.45) is 4.16. The van der Waals surface area contributed by atoms with Crippen LogP contribution in [-0.4, -0.2) is 52.4 Å². The smallest absolute Gasteiger partial charge is 0.323 e. The van der Waals surface area contributed by atoms with E-state index in [1.165, 1.54) is 6.42 Å². The van der Waals surface area contributed by atoms with E-state index in [9.17, 15) is 9.59 Å². The molecule has 1 aliphatic rings. The molecule has 0 saturated carbocycles. The Morgan fingerprint density at radius 2 is 1.72 bits per heavy atom. The molecule has 0 aliphatic carbocycles. The van der Waals surface area contributed by atoms with E-state index in [1.54, 1.807) is 44.6 Å². The molecule has 0 unspecified atom stereocenters. The molecule has 3 rings (SSSR count). The van der Waals surface area contributed by atoms with Crippen molar-refractivity contribution in [1.82, 2.24) is 5.32 Å². The molecule has 1 fully saturated rings. The Hall–Kier alpha value is -3.26. The largest absolute Gasteiger partial charge is 0.497 e. The fourth-order valence-electron chi connectivity index (χ4n) is 3.71. The summed E-state index contributed by atoms with van der Waals surface area (Å²) < 4.78 is 10.2. The van der Waals surface area contributed by atoms with Crippen LogP contribution in [0.3, 0.4) is 0 Å². The monoisotopic (exact) mass is 440 g/mol. The summed E-state index contributed by atoms with van der Waals surface area (Å²) in [6, 6.07) is 12.2. The molecule has 0 aromatic heterocycles. The number of rotatable bonds is 9. The lowest BCUT2D eigenvalue weighted by molar-refractivity contribution is 0.0949. The van der Waals surface area contributed by atoms with Crippen molar-refractivity contribution in [3.05, 3.63) is 48.0 Å². The van der Waals surface area contributed by atoms with Gasteiger partial charge in [0.05, 0.1) is 12.7 Å². The lowest BCUT2D eigenvalue weighted by Crippen LogP contribution is -2.33. The van der Waals surface area contributed by atoms with Crippen LogP contribution >= 0.6 is 0 Å². The van der Waals surface area contributed by atoms with Crippen molar-refractivity contribution in [2.75, 3.05) is 56.0 Å². The quantitative estimate of drug-likeness (QED) is 0.511. The third kappa shape index (κ3) is 6.62. The van der Waals surface area contributed by atoms with Gasteiger partial charge in [0.1, 0.15) is 5.75 Å². The lowest BCUT2D eigenvalue weighted by atomic mass is 10.1. The van der Waals surface area contributed by atoms with Gasteiger partial charge in [0.2, 0.25) is 0 Å². The third-order valence-electron chi connectivity index (χ3n) is 5.33. The first-order chi connectivity index (χ1) is 15.6. The van der Waals surface area contributed by atoms with Crippen molar-refractivity contribution in [1.29, 1.82) is 0 Å². The summed E-state index contributed by atoms with van der Waals surface area (Å²) in [6.45, 7) is 2.96. The number of carbonyl (C=O) groups excluding carboxylic acids is 2. The van der Waals surface area contributed by atoms with Crippen LogP contribution < -0.4 is 25.6 Å². The van der Waals surface area contributed by atoms with Crippen molar-refractivity contribution >= 4 is 29.0 Å². The first-order valence-electron chi connectivity index (χ1n) is 11.0. The second-order valence-electron chi connectivity index (χ2n) is 7.69. The fraction of sp³-hybridized carbons (Fsp3) is 0.417. The van der Waals surface area contributed by atoms with Gasteiger partial charge in [-0.05, 0) is 56.0 Å². The Bertz CT molecular complexity index is 913. The Balaban J connectivity index is 1.73. The number of urea groups is 1. The van der Waals surface area contributed by atoms with Gasteiger partial charge >= 0.3 is 6.03 Å². The number of anilines is 3. The molecule has 1 aliphatic heterocycles. The number of ether oxygens (including phenoxy) is 2. The molecule has 8 nitrogen and oxygen atoms in total. The normalized spacial score (nSPS) is 13.4. The SMILES string of the molecule is COCCCNC(=O)c1cc(NC(=O)Nc2cccc(OC)c2)ccc1N1CCCCC1. The number of piperidine rings is 1. The van der Waals surface area contributed by atoms with Crippen LogP contribution in [0.5, 0.6) is 5.75 Å². The highest BCUT2D eigenvalue weighted by Gasteiger charge is 2.19. The van der Waals surface area contributed by atoms with E-state index in [1.807, 2.05) is 12.1 Å². The summed E-state index contributed by atoms with van der Waals surface area (Å²) >= 11 is 0. The van der Waals surface area contributed by atoms with Gasteiger partial charge in [-0.3, -0.25) is 4.79 Å². The Morgan fingerprint density at radius 3 is 2.44 bits per heavy atom. The van der Waals surface area contributed by atoms with Crippen molar-refractivity contribution in [3.8, 4) is 5.75 Å². The summed E-state index contributed by atoms with van der Waals surface area (Å²) in [4.78, 5) is 27.7. The second-order valence-corrected chi connectivity index (χ2v) is 7.69. The molecule has 0 spiro atoms. The molecular formula is C24H32N4O4. The molecule has 1 heterocycles. The van der Waals surface area contributed by atoms with Gasteiger partial charge in [-0.1, -0.05) is 6.07 Å². The summed E-state index contributed by atoms with van der Waals surface area (Å²) in [5.74, 6) is 0.500. The highest BCUT2D eigenvalue weighted by atomic mass is 16.5. The summed E-state index contributed by atoms with van der Waals surface area (Å²) in [5, 5.41) is 8.56. The molecule has 0 radical (unpaired) electrons. The highest BCUT2D eigenvalue weighted by Crippen LogP contribution is 2.27. The number of hydrogen-bond acceptors (Lipinski definition) is 5. The number of nitrogens with zero attached hydrogens (tertiary/aromatic N) is 1. The molecule has 32 heavy (non-hydrogen) atoms. The summed E-state index contributed by atoms with van der Waals surface area (Å²) in [5.41, 5.74) is 2.62. The molecular weight excluding hydrogens is 408 g/mol. The van der Waals surface area contributed by atoms with E-state index >= 15 is 0 Å². The summed E-state index contributed by atoms with van der Waals surface area (Å²) in [7, 11) is 3.22. The first-order valence-corrected chi connectivity index (χ1v) is 11.0. The van der Waals surface area contributed by atoms with Crippen LogP contribution in [-0.2, 0) is 4.74 Å². The van der Waals surface area contributed by atoms with Crippen molar-refractivity contribution in [2.45, 2.75) is 25.7 Å². The van der Waals surface area contributed by atoms with Crippen molar-refractivity contribution in [3.63, 3.8) is 0 Å². The minimum Gasteiger partial charge on any atom is -0.497 e. The van der Waals surface area contributed by atoms with Gasteiger partial charge < -0.3 is 30.3 Å². The molecule has 8 heteroatoms. The van der Waals surface area contributed by atoms with Crippen molar-refractivity contribution < 1.29 is 19.1 Å². The van der Waals surface area contributed by atoms with Crippen LogP contribution in [0.1, 0.15) is 36.0 Å². The number of nitrogens with one attached hydrogen (secondary N) is 3. The fourth-order valence-corrected chi connectivity index (χ4v) is 3.71. The second kappa shape index (κ2) is 12.0. The van der Waals surface area contributed by atoms with Gasteiger partial charge in [-0.2, -0.15) is 0 Å². The minimum atomic E-state index is -0.393. The Kier molecular flexibility index (Phi) is 8.74. The minimum absolute atomic E-state index is 0.154. The maximum absolute atomic E-state index is 13.0. The number of methoxy groups -OCH3 is 2. The maximum Gasteiger partial charge on any atom is 0.323 e. The number of hydrogen-bond donors (Lipinski definition) is 3. The van der Waals surface area contributed by atoms with Crippen LogP contribution in [0.15, 0.2) is 42.5 Å². The molecule has 3 N–H and O–H groups in total. The predicted octanol–water partition coefficient (Wildman–Crippen LogP) is 4.10. The van der Waals surface area contributed by atoms with Crippen LogP contribution in [0, 0.1) is 0 Å². The Morgan fingerprint density at radius 1 is 0.969 bits per heavy atom. The predicted molar refractivity (Wildman–Crippen MR) is 127 cm³/mol. The number of amides is 3. The van der Waals surface area contributed by atoms with Gasteiger partial charge in [0.25, 0.3) is 5.91 Å². The molecule has 3 amide bonds. The van der Waals surface area contributed by atoms with E-state index in [0.717, 1.165) is 38.0 Å². The van der Waals surface area contributed by atoms with Crippen LogP contribution in [0.4, 0.5) is 21.9 Å². The van der Waals surface area contributed by atoms with Gasteiger partial charge in [0, 0.05) is 56.5 Å². The molecule has 2 aromatic carbocycles. The van der Waals surface area contributed by atoms with Gasteiger partial charge in [-0.15, -0.1) is 0 Å². The highest BCUT2D eigenvalue weighted by molar-refractivity contribution is 6.04. The lowest BCUT2D eigenvalue weighted by Gasteiger charge is -2.30. The standard InChI is InChI=1S/C24H32N4O4/c1-31-15-7-12-25-23(29)21-17-19(10-11-22(21)28-13-4-3-5-14-28)27-24(30)26-18-8-6-9-20(16-18)32-2/h6,8-11,16-17H,3-5,7,12-15H2,1-2H3,(H,25,29)(H2,26,27,30). The van der Waals surface area contributed by atoms with Gasteiger partial charge in [-0.25, -0.2) is 4.79 Å².